The molecule has 1 unspecified atom stereocenters. The Bertz CT molecular complexity index is 497. The predicted molar refractivity (Wildman–Crippen MR) is 85.9 cm³/mol. The second-order valence-corrected chi connectivity index (χ2v) is 6.90. The van der Waals surface area contributed by atoms with E-state index in [4.69, 9.17) is 0 Å². The van der Waals surface area contributed by atoms with Crippen LogP contribution in [0.5, 0.6) is 0 Å². The van der Waals surface area contributed by atoms with E-state index in [1.165, 1.54) is 11.8 Å². The third-order valence-electron chi connectivity index (χ3n) is 3.52. The van der Waals surface area contributed by atoms with Crippen molar-refractivity contribution in [3.8, 4) is 0 Å². The molecule has 1 aromatic rings. The van der Waals surface area contributed by atoms with Crippen LogP contribution in [-0.4, -0.2) is 38.4 Å². The maximum Gasteiger partial charge on any atom is 0.323 e. The summed E-state index contributed by atoms with van der Waals surface area (Å²) in [5.41, 5.74) is 2.14. The number of carboxylic acid groups (broad SMARTS) is 1. The maximum atomic E-state index is 11.4. The van der Waals surface area contributed by atoms with Gasteiger partial charge in [0.1, 0.15) is 5.54 Å². The number of carboxylic acids is 1. The van der Waals surface area contributed by atoms with Crippen molar-refractivity contribution in [1.82, 2.24) is 15.3 Å². The van der Waals surface area contributed by atoms with E-state index in [9.17, 15) is 9.90 Å². The number of aryl methyl sites for hydroxylation is 2. The molecule has 21 heavy (non-hydrogen) atoms. The van der Waals surface area contributed by atoms with Gasteiger partial charge in [-0.15, -0.1) is 0 Å². The van der Waals surface area contributed by atoms with Crippen molar-refractivity contribution in [3.63, 3.8) is 0 Å². The maximum absolute atomic E-state index is 11.4. The molecule has 0 saturated heterocycles. The number of hydrogen-bond acceptors (Lipinski definition) is 5. The van der Waals surface area contributed by atoms with Crippen molar-refractivity contribution in [1.29, 1.82) is 0 Å². The molecule has 5 nitrogen and oxygen atoms in total. The summed E-state index contributed by atoms with van der Waals surface area (Å²) in [6.45, 7) is 11.6. The standard InChI is InChI=1S/C15H25N3O2S/c1-9(2)18-15(6,13(19)20)7-8-21-14-16-11(4)10(3)12(5)17-14/h9,18H,7-8H2,1-6H3,(H,19,20). The third-order valence-corrected chi connectivity index (χ3v) is 4.37. The zero-order chi connectivity index (χ0) is 16.2. The molecule has 0 bridgehead atoms. The van der Waals surface area contributed by atoms with Crippen LogP contribution in [0.15, 0.2) is 5.16 Å². The van der Waals surface area contributed by atoms with Gasteiger partial charge in [0.05, 0.1) is 0 Å². The predicted octanol–water partition coefficient (Wildman–Crippen LogP) is 2.73. The van der Waals surface area contributed by atoms with Gasteiger partial charge in [0.25, 0.3) is 0 Å². The Morgan fingerprint density at radius 3 is 2.24 bits per heavy atom. The number of nitrogens with zero attached hydrogens (tertiary/aromatic N) is 2. The molecular formula is C15H25N3O2S. The first-order valence-electron chi connectivity index (χ1n) is 7.11. The highest BCUT2D eigenvalue weighted by molar-refractivity contribution is 7.99. The molecule has 0 spiro atoms. The first-order valence-corrected chi connectivity index (χ1v) is 8.10. The molecule has 0 radical (unpaired) electrons. The summed E-state index contributed by atoms with van der Waals surface area (Å²) >= 11 is 1.50. The summed E-state index contributed by atoms with van der Waals surface area (Å²) in [5, 5.41) is 13.2. The molecule has 2 N–H and O–H groups in total. The SMILES string of the molecule is Cc1nc(SCCC(C)(NC(C)C)C(=O)O)nc(C)c1C. The second-order valence-electron chi connectivity index (χ2n) is 5.84. The Balaban J connectivity index is 2.69. The third kappa shape index (κ3) is 4.97. The normalized spacial score (nSPS) is 14.2. The van der Waals surface area contributed by atoms with Crippen molar-refractivity contribution >= 4 is 17.7 Å². The fourth-order valence-corrected chi connectivity index (χ4v) is 3.13. The van der Waals surface area contributed by atoms with Crippen molar-refractivity contribution in [2.45, 2.75) is 64.7 Å². The molecule has 0 aliphatic rings. The van der Waals surface area contributed by atoms with Gasteiger partial charge in [0, 0.05) is 23.2 Å². The molecule has 1 heterocycles. The van der Waals surface area contributed by atoms with Crippen LogP contribution in [-0.2, 0) is 4.79 Å². The zero-order valence-corrected chi connectivity index (χ0v) is 14.5. The van der Waals surface area contributed by atoms with E-state index in [2.05, 4.69) is 15.3 Å². The molecule has 118 valence electrons. The summed E-state index contributed by atoms with van der Waals surface area (Å²) in [6.07, 6.45) is 0.514. The number of rotatable bonds is 7. The van der Waals surface area contributed by atoms with Crippen LogP contribution in [0.3, 0.4) is 0 Å². The second kappa shape index (κ2) is 7.22. The number of carbonyl (C=O) groups is 1. The van der Waals surface area contributed by atoms with E-state index in [1.807, 2.05) is 34.6 Å². The summed E-state index contributed by atoms with van der Waals surface area (Å²) in [7, 11) is 0. The van der Waals surface area contributed by atoms with E-state index >= 15 is 0 Å². The lowest BCUT2D eigenvalue weighted by atomic mass is 9.98. The van der Waals surface area contributed by atoms with Crippen LogP contribution in [0.4, 0.5) is 0 Å². The van der Waals surface area contributed by atoms with Gasteiger partial charge in [-0.05, 0) is 53.5 Å². The highest BCUT2D eigenvalue weighted by Gasteiger charge is 2.33. The highest BCUT2D eigenvalue weighted by atomic mass is 32.2. The molecular weight excluding hydrogens is 286 g/mol. The number of nitrogens with one attached hydrogen (secondary N) is 1. The van der Waals surface area contributed by atoms with Crippen molar-refractivity contribution in [2.75, 3.05) is 5.75 Å². The first-order chi connectivity index (χ1) is 9.65. The number of hydrogen-bond donors (Lipinski definition) is 2. The summed E-state index contributed by atoms with van der Waals surface area (Å²) in [5.74, 6) is -0.168. The Labute approximate surface area is 131 Å². The molecule has 1 rings (SSSR count). The van der Waals surface area contributed by atoms with Gasteiger partial charge in [0.15, 0.2) is 5.16 Å². The van der Waals surface area contributed by atoms with E-state index in [0.717, 1.165) is 17.0 Å². The fraction of sp³-hybridized carbons (Fsp3) is 0.667. The number of aliphatic carboxylic acids is 1. The lowest BCUT2D eigenvalue weighted by molar-refractivity contribution is -0.144. The van der Waals surface area contributed by atoms with Crippen LogP contribution in [0, 0.1) is 20.8 Å². The molecule has 0 aliphatic carbocycles. The Kier molecular flexibility index (Phi) is 6.16. The van der Waals surface area contributed by atoms with E-state index in [-0.39, 0.29) is 6.04 Å². The molecule has 0 aromatic carbocycles. The van der Waals surface area contributed by atoms with Gasteiger partial charge in [-0.1, -0.05) is 11.8 Å². The van der Waals surface area contributed by atoms with Gasteiger partial charge >= 0.3 is 5.97 Å². The first kappa shape index (κ1) is 17.9. The monoisotopic (exact) mass is 311 g/mol. The van der Waals surface area contributed by atoms with Crippen LogP contribution in [0.1, 0.15) is 44.1 Å². The van der Waals surface area contributed by atoms with Gasteiger partial charge in [-0.2, -0.15) is 0 Å². The highest BCUT2D eigenvalue weighted by Crippen LogP contribution is 2.21. The van der Waals surface area contributed by atoms with Crippen LogP contribution in [0.2, 0.25) is 0 Å². The minimum absolute atomic E-state index is 0.121. The Morgan fingerprint density at radius 1 is 1.29 bits per heavy atom. The molecule has 0 fully saturated rings. The van der Waals surface area contributed by atoms with Crippen LogP contribution < -0.4 is 5.32 Å². The lowest BCUT2D eigenvalue weighted by Crippen LogP contribution is -2.52. The Hall–Kier alpha value is -1.14. The van der Waals surface area contributed by atoms with E-state index in [1.54, 1.807) is 6.92 Å². The molecule has 0 amide bonds. The van der Waals surface area contributed by atoms with Gasteiger partial charge in [-0.3, -0.25) is 10.1 Å². The topological polar surface area (TPSA) is 75.1 Å². The van der Waals surface area contributed by atoms with Crippen molar-refractivity contribution in [2.24, 2.45) is 0 Å². The molecule has 1 aromatic heterocycles. The largest absolute Gasteiger partial charge is 0.480 e. The summed E-state index contributed by atoms with van der Waals surface area (Å²) in [4.78, 5) is 20.3. The fourth-order valence-electron chi connectivity index (χ4n) is 2.03. The smallest absolute Gasteiger partial charge is 0.323 e. The van der Waals surface area contributed by atoms with Gasteiger partial charge < -0.3 is 5.11 Å². The summed E-state index contributed by atoms with van der Waals surface area (Å²) in [6, 6.07) is 0.121. The number of thioether (sulfide) groups is 1. The van der Waals surface area contributed by atoms with Gasteiger partial charge in [-0.25, -0.2) is 9.97 Å². The lowest BCUT2D eigenvalue weighted by Gasteiger charge is -2.28. The van der Waals surface area contributed by atoms with E-state index in [0.29, 0.717) is 17.3 Å². The minimum atomic E-state index is -0.921. The van der Waals surface area contributed by atoms with Crippen LogP contribution in [0.25, 0.3) is 0 Å². The molecule has 6 heteroatoms. The molecule has 1 atom stereocenters. The van der Waals surface area contributed by atoms with Crippen molar-refractivity contribution < 1.29 is 9.90 Å². The molecule has 0 saturated carbocycles. The van der Waals surface area contributed by atoms with E-state index < -0.39 is 11.5 Å². The summed E-state index contributed by atoms with van der Waals surface area (Å²) < 4.78 is 0. The average Bonchev–Trinajstić information content (AvgIpc) is 2.34. The average molecular weight is 311 g/mol. The Morgan fingerprint density at radius 2 is 1.81 bits per heavy atom. The number of aromatic nitrogens is 2. The quantitative estimate of drug-likeness (QED) is 0.596. The molecule has 0 aliphatic heterocycles. The van der Waals surface area contributed by atoms with Gasteiger partial charge in [0.2, 0.25) is 0 Å². The van der Waals surface area contributed by atoms with Crippen LogP contribution >= 0.6 is 11.8 Å². The van der Waals surface area contributed by atoms with Crippen molar-refractivity contribution in [3.05, 3.63) is 17.0 Å². The minimum Gasteiger partial charge on any atom is -0.480 e. The zero-order valence-electron chi connectivity index (χ0n) is 13.6.